The van der Waals surface area contributed by atoms with Crippen molar-refractivity contribution in [3.05, 3.63) is 47.5 Å². The van der Waals surface area contributed by atoms with E-state index < -0.39 is 17.8 Å². The fourth-order valence-electron chi connectivity index (χ4n) is 4.22. The maximum Gasteiger partial charge on any atom is 0.247 e. The van der Waals surface area contributed by atoms with E-state index >= 15 is 0 Å². The van der Waals surface area contributed by atoms with Crippen LogP contribution in [0, 0.1) is 12.7 Å². The molecule has 9 heteroatoms. The summed E-state index contributed by atoms with van der Waals surface area (Å²) >= 11 is 0. The fraction of sp³-hybridized carbons (Fsp3) is 0.520. The molecule has 1 aliphatic carbocycles. The van der Waals surface area contributed by atoms with Crippen LogP contribution >= 0.6 is 0 Å². The van der Waals surface area contributed by atoms with E-state index in [4.69, 9.17) is 4.52 Å². The number of unbranched alkanes of at least 4 members (excludes halogenated alkanes) is 1. The van der Waals surface area contributed by atoms with Gasteiger partial charge in [-0.05, 0) is 32.3 Å². The van der Waals surface area contributed by atoms with Gasteiger partial charge in [-0.3, -0.25) is 14.4 Å². The molecular formula is C25H33FN4O4. The molecule has 34 heavy (non-hydrogen) atoms. The molecule has 3 amide bonds. The molecule has 1 aliphatic rings. The third kappa shape index (κ3) is 6.88. The van der Waals surface area contributed by atoms with Crippen molar-refractivity contribution in [2.24, 2.45) is 0 Å². The van der Waals surface area contributed by atoms with Crippen LogP contribution in [-0.2, 0) is 14.4 Å². The quantitative estimate of drug-likeness (QED) is 0.508. The highest BCUT2D eigenvalue weighted by Gasteiger charge is 2.34. The molecule has 1 aromatic heterocycles. The Balaban J connectivity index is 1.77. The summed E-state index contributed by atoms with van der Waals surface area (Å²) in [5, 5.41) is 9.32. The molecule has 0 radical (unpaired) electrons. The summed E-state index contributed by atoms with van der Waals surface area (Å²) in [7, 11) is 0. The molecule has 0 spiro atoms. The first-order chi connectivity index (χ1) is 16.4. The van der Waals surface area contributed by atoms with Crippen molar-refractivity contribution in [1.82, 2.24) is 15.4 Å². The van der Waals surface area contributed by atoms with E-state index in [-0.39, 0.29) is 48.6 Å². The van der Waals surface area contributed by atoms with Gasteiger partial charge in [-0.1, -0.05) is 49.5 Å². The van der Waals surface area contributed by atoms with E-state index in [0.29, 0.717) is 12.2 Å². The van der Waals surface area contributed by atoms with Crippen LogP contribution in [0.25, 0.3) is 0 Å². The molecule has 8 nitrogen and oxygen atoms in total. The van der Waals surface area contributed by atoms with Crippen molar-refractivity contribution < 1.29 is 23.3 Å². The summed E-state index contributed by atoms with van der Waals surface area (Å²) in [4.78, 5) is 40.4. The summed E-state index contributed by atoms with van der Waals surface area (Å²) in [5.41, 5.74) is 0.157. The molecule has 0 unspecified atom stereocenters. The number of anilines is 1. The molecule has 1 fully saturated rings. The molecule has 3 rings (SSSR count). The molecule has 0 bridgehead atoms. The molecule has 1 atom stereocenters. The highest BCUT2D eigenvalue weighted by Crippen LogP contribution is 2.27. The smallest absolute Gasteiger partial charge is 0.247 e. The van der Waals surface area contributed by atoms with Gasteiger partial charge in [0.05, 0.1) is 0 Å². The average molecular weight is 473 g/mol. The van der Waals surface area contributed by atoms with Crippen LogP contribution < -0.4 is 10.6 Å². The van der Waals surface area contributed by atoms with Crippen molar-refractivity contribution in [3.63, 3.8) is 0 Å². The van der Waals surface area contributed by atoms with Crippen LogP contribution in [0.15, 0.2) is 34.9 Å². The molecular weight excluding hydrogens is 439 g/mol. The first kappa shape index (κ1) is 25.4. The van der Waals surface area contributed by atoms with Crippen LogP contribution in [0.4, 0.5) is 10.2 Å². The predicted molar refractivity (Wildman–Crippen MR) is 125 cm³/mol. The molecule has 1 saturated carbocycles. The van der Waals surface area contributed by atoms with Gasteiger partial charge in [-0.2, -0.15) is 0 Å². The Labute approximate surface area is 199 Å². The number of carbonyl (C=O) groups excluding carboxylic acids is 3. The lowest BCUT2D eigenvalue weighted by atomic mass is 10.0. The highest BCUT2D eigenvalue weighted by molar-refractivity contribution is 5.94. The van der Waals surface area contributed by atoms with E-state index in [0.717, 1.165) is 32.1 Å². The summed E-state index contributed by atoms with van der Waals surface area (Å²) in [6, 6.07) is 6.56. The number of rotatable bonds is 11. The van der Waals surface area contributed by atoms with Crippen LogP contribution in [0.3, 0.4) is 0 Å². The Kier molecular flexibility index (Phi) is 9.18. The number of nitrogens with zero attached hydrogens (tertiary/aromatic N) is 2. The topological polar surface area (TPSA) is 105 Å². The first-order valence-corrected chi connectivity index (χ1v) is 12.0. The summed E-state index contributed by atoms with van der Waals surface area (Å²) in [6.45, 7) is 3.97. The van der Waals surface area contributed by atoms with Gasteiger partial charge >= 0.3 is 0 Å². The van der Waals surface area contributed by atoms with Gasteiger partial charge in [0.15, 0.2) is 5.82 Å². The summed E-state index contributed by atoms with van der Waals surface area (Å²) in [5.74, 6) is -0.868. The zero-order valence-corrected chi connectivity index (χ0v) is 19.8. The van der Waals surface area contributed by atoms with Crippen molar-refractivity contribution in [2.45, 2.75) is 77.3 Å². The predicted octanol–water partition coefficient (Wildman–Crippen LogP) is 4.27. The maximum absolute atomic E-state index is 14.8. The number of carbonyl (C=O) groups is 3. The minimum atomic E-state index is -1.10. The third-order valence-electron chi connectivity index (χ3n) is 6.00. The van der Waals surface area contributed by atoms with Gasteiger partial charge < -0.3 is 20.1 Å². The number of hydrogen-bond acceptors (Lipinski definition) is 5. The third-order valence-corrected chi connectivity index (χ3v) is 6.00. The van der Waals surface area contributed by atoms with E-state index in [9.17, 15) is 18.8 Å². The van der Waals surface area contributed by atoms with Crippen molar-refractivity contribution in [3.8, 4) is 0 Å². The van der Waals surface area contributed by atoms with Crippen LogP contribution in [0.5, 0.6) is 0 Å². The van der Waals surface area contributed by atoms with Gasteiger partial charge in [0.25, 0.3) is 0 Å². The summed E-state index contributed by atoms with van der Waals surface area (Å²) < 4.78 is 19.7. The number of aromatic nitrogens is 1. The van der Waals surface area contributed by atoms with Gasteiger partial charge in [-0.25, -0.2) is 4.39 Å². The normalized spacial score (nSPS) is 14.6. The molecule has 1 aromatic carbocycles. The van der Waals surface area contributed by atoms with Gasteiger partial charge in [0.1, 0.15) is 17.6 Å². The first-order valence-electron chi connectivity index (χ1n) is 12.0. The zero-order valence-electron chi connectivity index (χ0n) is 19.8. The second-order valence-electron chi connectivity index (χ2n) is 8.73. The van der Waals surface area contributed by atoms with E-state index in [2.05, 4.69) is 15.8 Å². The van der Waals surface area contributed by atoms with Gasteiger partial charge in [0, 0.05) is 37.1 Å². The second-order valence-corrected chi connectivity index (χ2v) is 8.73. The van der Waals surface area contributed by atoms with Crippen molar-refractivity contribution >= 4 is 23.5 Å². The molecule has 184 valence electrons. The van der Waals surface area contributed by atoms with Gasteiger partial charge in [-0.15, -0.1) is 0 Å². The van der Waals surface area contributed by atoms with E-state index in [1.54, 1.807) is 31.2 Å². The lowest BCUT2D eigenvalue weighted by Crippen LogP contribution is -2.47. The molecule has 0 saturated heterocycles. The fourth-order valence-corrected chi connectivity index (χ4v) is 4.22. The second kappa shape index (κ2) is 12.3. The number of hydrogen-bond donors (Lipinski definition) is 2. The molecule has 0 aliphatic heterocycles. The Hall–Kier alpha value is -3.23. The van der Waals surface area contributed by atoms with Crippen LogP contribution in [0.1, 0.15) is 75.7 Å². The average Bonchev–Trinajstić information content (AvgIpc) is 3.47. The minimum absolute atomic E-state index is 0.0293. The highest BCUT2D eigenvalue weighted by atomic mass is 19.1. The van der Waals surface area contributed by atoms with Crippen molar-refractivity contribution in [2.75, 3.05) is 11.9 Å². The number of halogens is 1. The lowest BCUT2D eigenvalue weighted by Gasteiger charge is -2.32. The van der Waals surface area contributed by atoms with Crippen molar-refractivity contribution in [1.29, 1.82) is 0 Å². The number of nitrogens with one attached hydrogen (secondary N) is 2. The Morgan fingerprint density at radius 3 is 2.59 bits per heavy atom. The zero-order chi connectivity index (χ0) is 24.5. The number of aryl methyl sites for hydroxylation is 1. The SMILES string of the molecule is CCCCN(C(=O)CCC(=O)Nc1cc(C)on1)[C@@H](C(=O)NC1CCCC1)c1ccccc1F. The van der Waals surface area contributed by atoms with Crippen LogP contribution in [0.2, 0.25) is 0 Å². The largest absolute Gasteiger partial charge is 0.360 e. The van der Waals surface area contributed by atoms with E-state index in [1.807, 2.05) is 6.92 Å². The van der Waals surface area contributed by atoms with Gasteiger partial charge in [0.2, 0.25) is 17.7 Å². The maximum atomic E-state index is 14.8. The lowest BCUT2D eigenvalue weighted by molar-refractivity contribution is -0.142. The Morgan fingerprint density at radius 1 is 1.21 bits per heavy atom. The van der Waals surface area contributed by atoms with Crippen LogP contribution in [-0.4, -0.2) is 40.4 Å². The van der Waals surface area contributed by atoms with E-state index in [1.165, 1.54) is 11.0 Å². The monoisotopic (exact) mass is 472 g/mol. The standard InChI is InChI=1S/C25H33FN4O4/c1-3-4-15-30(23(32)14-13-22(31)28-21-16-17(2)34-29-21)24(19-11-7-8-12-20(19)26)25(33)27-18-9-5-6-10-18/h7-8,11-12,16,18,24H,3-6,9-10,13-15H2,1-2H3,(H,27,33)(H,28,29,31)/t24-/m1/s1. The minimum Gasteiger partial charge on any atom is -0.360 e. The molecule has 1 heterocycles. The number of amides is 3. The number of benzene rings is 1. The summed E-state index contributed by atoms with van der Waals surface area (Å²) in [6.07, 6.45) is 5.06. The Morgan fingerprint density at radius 2 is 1.94 bits per heavy atom. The molecule has 2 aromatic rings. The Bertz CT molecular complexity index is 987. The molecule has 2 N–H and O–H groups in total.